The number of ether oxygens (including phenoxy) is 1. The molecule has 10 heteroatoms. The van der Waals surface area contributed by atoms with Crippen molar-refractivity contribution in [1.82, 2.24) is 14.5 Å². The van der Waals surface area contributed by atoms with Gasteiger partial charge in [0.15, 0.2) is 5.69 Å². The predicted octanol–water partition coefficient (Wildman–Crippen LogP) is 5.17. The average molecular weight is 503 g/mol. The zero-order valence-electron chi connectivity index (χ0n) is 19.6. The van der Waals surface area contributed by atoms with Gasteiger partial charge in [0, 0.05) is 18.5 Å². The van der Waals surface area contributed by atoms with Gasteiger partial charge in [-0.25, -0.2) is 23.5 Å². The molecule has 184 valence electrons. The van der Waals surface area contributed by atoms with Crippen LogP contribution in [0.4, 0.5) is 14.5 Å². The topological polar surface area (TPSA) is 86.1 Å². The zero-order chi connectivity index (χ0) is 25.1. The summed E-state index contributed by atoms with van der Waals surface area (Å²) >= 11 is 5.97. The van der Waals surface area contributed by atoms with E-state index in [-0.39, 0.29) is 41.6 Å². The summed E-state index contributed by atoms with van der Waals surface area (Å²) in [5.74, 6) is -3.38. The van der Waals surface area contributed by atoms with Gasteiger partial charge in [0.05, 0.1) is 35.2 Å². The summed E-state index contributed by atoms with van der Waals surface area (Å²) in [5.41, 5.74) is 0.582. The summed E-state index contributed by atoms with van der Waals surface area (Å²) in [4.78, 5) is 34.5. The zero-order valence-corrected chi connectivity index (χ0v) is 20.4. The number of halogens is 3. The summed E-state index contributed by atoms with van der Waals surface area (Å²) < 4.78 is 36.4. The Morgan fingerprint density at radius 1 is 1.23 bits per heavy atom. The fourth-order valence-electron chi connectivity index (χ4n) is 5.55. The number of aromatic nitrogens is 3. The van der Waals surface area contributed by atoms with Crippen molar-refractivity contribution < 1.29 is 18.3 Å². The van der Waals surface area contributed by atoms with Crippen LogP contribution in [0.3, 0.4) is 0 Å². The number of carbonyl (C=O) groups excluding carboxylic acids is 1. The molecule has 0 bridgehead atoms. The number of aryl methyl sites for hydroxylation is 1. The van der Waals surface area contributed by atoms with Crippen molar-refractivity contribution in [3.63, 3.8) is 0 Å². The number of pyridine rings is 1. The van der Waals surface area contributed by atoms with E-state index in [1.54, 1.807) is 18.2 Å². The normalized spacial score (nSPS) is 21.3. The number of benzene rings is 1. The first kappa shape index (κ1) is 23.7. The van der Waals surface area contributed by atoms with Crippen LogP contribution in [0, 0.1) is 6.92 Å². The largest absolute Gasteiger partial charge is 0.464 e. The Morgan fingerprint density at radius 2 is 2.00 bits per heavy atom. The number of esters is 1. The fraction of sp³-hybridized carbons (Fsp3) is 0.440. The van der Waals surface area contributed by atoms with E-state index in [2.05, 4.69) is 10.3 Å². The monoisotopic (exact) mass is 502 g/mol. The molecule has 1 spiro atoms. The number of nitrogens with one attached hydrogen (secondary N) is 1. The van der Waals surface area contributed by atoms with E-state index in [0.29, 0.717) is 35.0 Å². The van der Waals surface area contributed by atoms with Crippen molar-refractivity contribution in [1.29, 1.82) is 0 Å². The number of methoxy groups -OCH3 is 1. The van der Waals surface area contributed by atoms with Crippen LogP contribution in [-0.4, -0.2) is 33.5 Å². The molecule has 2 aromatic heterocycles. The van der Waals surface area contributed by atoms with Crippen LogP contribution >= 0.6 is 11.6 Å². The highest BCUT2D eigenvalue weighted by molar-refractivity contribution is 6.29. The maximum absolute atomic E-state index is 15.1. The molecule has 1 fully saturated rings. The third-order valence-corrected chi connectivity index (χ3v) is 7.51. The van der Waals surface area contributed by atoms with Crippen molar-refractivity contribution in [3.05, 3.63) is 62.4 Å². The second kappa shape index (κ2) is 8.26. The predicted molar refractivity (Wildman–Crippen MR) is 128 cm³/mol. The van der Waals surface area contributed by atoms with Crippen LogP contribution in [0.2, 0.25) is 5.15 Å². The van der Waals surface area contributed by atoms with Crippen molar-refractivity contribution >= 4 is 34.2 Å². The molecule has 3 aromatic rings. The molecule has 7 nitrogen and oxygen atoms in total. The minimum atomic E-state index is -2.91. The minimum Gasteiger partial charge on any atom is -0.464 e. The third kappa shape index (κ3) is 3.59. The Labute approximate surface area is 205 Å². The number of fused-ring (bicyclic) bond motifs is 3. The molecule has 0 amide bonds. The van der Waals surface area contributed by atoms with Gasteiger partial charge in [0.1, 0.15) is 11.0 Å². The molecule has 0 radical (unpaired) electrons. The summed E-state index contributed by atoms with van der Waals surface area (Å²) in [6, 6.07) is 6.33. The van der Waals surface area contributed by atoms with E-state index in [1.165, 1.54) is 11.7 Å². The minimum absolute atomic E-state index is 0.0160. The first-order valence-corrected chi connectivity index (χ1v) is 11.9. The van der Waals surface area contributed by atoms with E-state index in [9.17, 15) is 9.59 Å². The Hall–Kier alpha value is -3.07. The average Bonchev–Trinajstić information content (AvgIpc) is 3.34. The highest BCUT2D eigenvalue weighted by Crippen LogP contribution is 2.56. The summed E-state index contributed by atoms with van der Waals surface area (Å²) in [6.45, 7) is 3.95. The Kier molecular flexibility index (Phi) is 5.58. The third-order valence-electron chi connectivity index (χ3n) is 7.30. The summed E-state index contributed by atoms with van der Waals surface area (Å²) in [7, 11) is 1.25. The number of hydrogen-bond acceptors (Lipinski definition) is 6. The van der Waals surface area contributed by atoms with Crippen LogP contribution < -0.4 is 10.9 Å². The van der Waals surface area contributed by atoms with Crippen LogP contribution in [0.25, 0.3) is 10.9 Å². The molecule has 1 saturated carbocycles. The van der Waals surface area contributed by atoms with Crippen molar-refractivity contribution in [3.8, 4) is 0 Å². The van der Waals surface area contributed by atoms with E-state index >= 15 is 8.78 Å². The molecule has 2 aliphatic rings. The molecule has 1 aliphatic carbocycles. The van der Waals surface area contributed by atoms with Crippen molar-refractivity contribution in [2.45, 2.75) is 63.5 Å². The lowest BCUT2D eigenvalue weighted by atomic mass is 9.81. The Bertz CT molecular complexity index is 1420. The molecule has 1 aromatic carbocycles. The molecule has 3 heterocycles. The Balaban J connectivity index is 1.65. The maximum Gasteiger partial charge on any atom is 0.358 e. The lowest BCUT2D eigenvalue weighted by molar-refractivity contribution is -0.0584. The van der Waals surface area contributed by atoms with Crippen LogP contribution in [0.5, 0.6) is 0 Å². The molecule has 0 saturated heterocycles. The molecule has 1 aliphatic heterocycles. The smallest absolute Gasteiger partial charge is 0.358 e. The molecule has 0 unspecified atom stereocenters. The molecule has 2 atom stereocenters. The molecule has 1 N–H and O–H groups in total. The van der Waals surface area contributed by atoms with Crippen LogP contribution in [-0.2, 0) is 16.7 Å². The number of nitrogens with zero attached hydrogens (tertiary/aromatic N) is 3. The lowest BCUT2D eigenvalue weighted by Gasteiger charge is -2.30. The van der Waals surface area contributed by atoms with Gasteiger partial charge in [0.25, 0.3) is 11.5 Å². The Morgan fingerprint density at radius 3 is 2.69 bits per heavy atom. The standard InChI is InChI=1S/C25H25ClF2N4O3/c1-13-11-15(14(2)29-17-5-6-18(26)30-20(17)22(34)35-3)19-16(12-13)21(33)32-10-9-24(23(32)31-19)7-4-8-25(24,27)28/h5-6,11-12,14,29H,4,7-10H2,1-3H3/t14-,24+/m1/s1. The van der Waals surface area contributed by atoms with E-state index in [1.807, 2.05) is 19.9 Å². The van der Waals surface area contributed by atoms with Gasteiger partial charge < -0.3 is 10.1 Å². The first-order chi connectivity index (χ1) is 16.6. The van der Waals surface area contributed by atoms with E-state index in [0.717, 1.165) is 5.56 Å². The highest BCUT2D eigenvalue weighted by atomic mass is 35.5. The van der Waals surface area contributed by atoms with Crippen molar-refractivity contribution in [2.75, 3.05) is 12.4 Å². The fourth-order valence-corrected chi connectivity index (χ4v) is 5.70. The van der Waals surface area contributed by atoms with Crippen LogP contribution in [0.15, 0.2) is 29.1 Å². The number of hydrogen-bond donors (Lipinski definition) is 1. The number of anilines is 1. The number of rotatable bonds is 4. The van der Waals surface area contributed by atoms with Gasteiger partial charge in [-0.15, -0.1) is 0 Å². The second-order valence-corrected chi connectivity index (χ2v) is 9.81. The lowest BCUT2D eigenvalue weighted by Crippen LogP contribution is -2.40. The molecule has 5 rings (SSSR count). The molecular weight excluding hydrogens is 478 g/mol. The summed E-state index contributed by atoms with van der Waals surface area (Å²) in [6.07, 6.45) is 0.727. The van der Waals surface area contributed by atoms with Crippen molar-refractivity contribution in [2.24, 2.45) is 0 Å². The van der Waals surface area contributed by atoms with Crippen LogP contribution in [0.1, 0.15) is 66.1 Å². The quantitative estimate of drug-likeness (QED) is 0.391. The number of alkyl halides is 2. The van der Waals surface area contributed by atoms with Gasteiger partial charge in [0.2, 0.25) is 0 Å². The summed E-state index contributed by atoms with van der Waals surface area (Å²) in [5, 5.41) is 3.76. The van der Waals surface area contributed by atoms with Gasteiger partial charge in [-0.1, -0.05) is 17.7 Å². The molecular formula is C25H25ClF2N4O3. The van der Waals surface area contributed by atoms with Gasteiger partial charge >= 0.3 is 5.97 Å². The van der Waals surface area contributed by atoms with E-state index < -0.39 is 23.3 Å². The van der Waals surface area contributed by atoms with Gasteiger partial charge in [-0.3, -0.25) is 9.36 Å². The maximum atomic E-state index is 15.1. The van der Waals surface area contributed by atoms with E-state index in [4.69, 9.17) is 21.3 Å². The number of carbonyl (C=O) groups is 1. The van der Waals surface area contributed by atoms with Gasteiger partial charge in [-0.2, -0.15) is 0 Å². The molecule has 35 heavy (non-hydrogen) atoms. The SMILES string of the molecule is COC(=O)c1nc(Cl)ccc1N[C@H](C)c1cc(C)cc2c(=O)n3c(nc12)[C@]1(CCCC1(F)F)CC3. The second-order valence-electron chi connectivity index (χ2n) is 9.42. The van der Waals surface area contributed by atoms with Gasteiger partial charge in [-0.05, 0) is 56.9 Å². The highest BCUT2D eigenvalue weighted by Gasteiger charge is 2.62. The first-order valence-electron chi connectivity index (χ1n) is 11.5.